The molecule has 1 atom stereocenters. The molecule has 0 unspecified atom stereocenters. The molecule has 1 aromatic heterocycles. The van der Waals surface area contributed by atoms with Crippen molar-refractivity contribution >= 4 is 5.97 Å². The first-order valence-electron chi connectivity index (χ1n) is 6.89. The molecule has 6 nitrogen and oxygen atoms in total. The Morgan fingerprint density at radius 2 is 2.00 bits per heavy atom. The topological polar surface area (TPSA) is 79.9 Å². The summed E-state index contributed by atoms with van der Waals surface area (Å²) in [5.41, 5.74) is 2.55. The minimum Gasteiger partial charge on any atom is -0.468 e. The van der Waals surface area contributed by atoms with Crippen LogP contribution in [0.4, 0.5) is 0 Å². The number of aromatic nitrogens is 3. The molecule has 112 valence electrons. The molecule has 21 heavy (non-hydrogen) atoms. The second-order valence-corrected chi connectivity index (χ2v) is 5.11. The summed E-state index contributed by atoms with van der Waals surface area (Å²) in [7, 11) is 1.39. The maximum absolute atomic E-state index is 11.7. The van der Waals surface area contributed by atoms with Gasteiger partial charge >= 0.3 is 5.97 Å². The molecule has 2 rings (SSSR count). The lowest BCUT2D eigenvalue weighted by Crippen LogP contribution is -2.41. The molecule has 0 bridgehead atoms. The Balaban J connectivity index is 2.11. The summed E-state index contributed by atoms with van der Waals surface area (Å²) in [6.07, 6.45) is 0. The van der Waals surface area contributed by atoms with Gasteiger partial charge in [-0.2, -0.15) is 15.4 Å². The van der Waals surface area contributed by atoms with Gasteiger partial charge in [0.25, 0.3) is 0 Å². The lowest BCUT2D eigenvalue weighted by Gasteiger charge is -2.19. The van der Waals surface area contributed by atoms with E-state index < -0.39 is 0 Å². The van der Waals surface area contributed by atoms with Crippen molar-refractivity contribution < 1.29 is 9.53 Å². The van der Waals surface area contributed by atoms with Gasteiger partial charge in [-0.25, -0.2) is 0 Å². The standard InChI is InChI=1S/C15H20N4O2/c1-10(2)13(15(20)21-3)16-9-12-14(18-19-17-12)11-7-5-4-6-8-11/h4-8,10,13,16H,9H2,1-3H3,(H,17,18,19)/t13-/m0/s1. The molecule has 1 heterocycles. The van der Waals surface area contributed by atoms with E-state index in [0.717, 1.165) is 17.0 Å². The second kappa shape index (κ2) is 6.99. The zero-order valence-electron chi connectivity index (χ0n) is 12.5. The Hall–Kier alpha value is -2.21. The van der Waals surface area contributed by atoms with Crippen LogP contribution in [0.5, 0.6) is 0 Å². The summed E-state index contributed by atoms with van der Waals surface area (Å²) in [5, 5.41) is 14.2. The predicted molar refractivity (Wildman–Crippen MR) is 79.3 cm³/mol. The third-order valence-corrected chi connectivity index (χ3v) is 3.28. The number of rotatable bonds is 6. The van der Waals surface area contributed by atoms with Crippen LogP contribution in [0, 0.1) is 5.92 Å². The van der Waals surface area contributed by atoms with Crippen LogP contribution in [0.15, 0.2) is 30.3 Å². The van der Waals surface area contributed by atoms with Crippen molar-refractivity contribution in [2.24, 2.45) is 5.92 Å². The van der Waals surface area contributed by atoms with Gasteiger partial charge in [0.15, 0.2) is 0 Å². The fourth-order valence-electron chi connectivity index (χ4n) is 2.13. The van der Waals surface area contributed by atoms with Gasteiger partial charge in [-0.3, -0.25) is 10.1 Å². The van der Waals surface area contributed by atoms with E-state index in [1.165, 1.54) is 7.11 Å². The van der Waals surface area contributed by atoms with Crippen LogP contribution in [0.3, 0.4) is 0 Å². The van der Waals surface area contributed by atoms with Crippen LogP contribution in [0.2, 0.25) is 0 Å². The Morgan fingerprint density at radius 3 is 2.62 bits per heavy atom. The van der Waals surface area contributed by atoms with E-state index >= 15 is 0 Å². The molecule has 0 aliphatic heterocycles. The SMILES string of the molecule is COC(=O)[C@@H](NCc1n[nH]nc1-c1ccccc1)C(C)C. The van der Waals surface area contributed by atoms with E-state index in [4.69, 9.17) is 4.74 Å². The third kappa shape index (κ3) is 3.66. The number of aromatic amines is 1. The molecule has 0 saturated carbocycles. The first-order valence-corrected chi connectivity index (χ1v) is 6.89. The molecular formula is C15H20N4O2. The highest BCUT2D eigenvalue weighted by Gasteiger charge is 2.23. The highest BCUT2D eigenvalue weighted by Crippen LogP contribution is 2.19. The highest BCUT2D eigenvalue weighted by atomic mass is 16.5. The molecule has 2 aromatic rings. The normalized spacial score (nSPS) is 12.4. The summed E-state index contributed by atoms with van der Waals surface area (Å²) in [6, 6.07) is 9.44. The number of hydrogen-bond donors (Lipinski definition) is 2. The third-order valence-electron chi connectivity index (χ3n) is 3.28. The minimum atomic E-state index is -0.365. The van der Waals surface area contributed by atoms with Gasteiger partial charge in [-0.05, 0) is 5.92 Å². The highest BCUT2D eigenvalue weighted by molar-refractivity contribution is 5.76. The van der Waals surface area contributed by atoms with Crippen molar-refractivity contribution in [1.29, 1.82) is 0 Å². The molecule has 0 spiro atoms. The second-order valence-electron chi connectivity index (χ2n) is 5.11. The molecule has 0 fully saturated rings. The Bertz CT molecular complexity index is 580. The van der Waals surface area contributed by atoms with E-state index in [-0.39, 0.29) is 17.9 Å². The first-order chi connectivity index (χ1) is 10.1. The van der Waals surface area contributed by atoms with Gasteiger partial charge in [-0.1, -0.05) is 44.2 Å². The molecule has 0 radical (unpaired) electrons. The maximum atomic E-state index is 11.7. The number of nitrogens with one attached hydrogen (secondary N) is 2. The van der Waals surface area contributed by atoms with Gasteiger partial charge in [0.05, 0.1) is 7.11 Å². The van der Waals surface area contributed by atoms with E-state index in [0.29, 0.717) is 6.54 Å². The molecule has 0 amide bonds. The number of H-pyrrole nitrogens is 1. The van der Waals surface area contributed by atoms with Crippen LogP contribution in [0.25, 0.3) is 11.3 Å². The average Bonchev–Trinajstić information content (AvgIpc) is 2.96. The van der Waals surface area contributed by atoms with Crippen LogP contribution in [0.1, 0.15) is 19.5 Å². The average molecular weight is 288 g/mol. The molecule has 6 heteroatoms. The van der Waals surface area contributed by atoms with Crippen molar-refractivity contribution in [2.75, 3.05) is 7.11 Å². The van der Waals surface area contributed by atoms with Crippen molar-refractivity contribution in [2.45, 2.75) is 26.4 Å². The monoisotopic (exact) mass is 288 g/mol. The summed E-state index contributed by atoms with van der Waals surface area (Å²) >= 11 is 0. The van der Waals surface area contributed by atoms with Gasteiger partial charge in [0.2, 0.25) is 0 Å². The van der Waals surface area contributed by atoms with E-state index in [1.54, 1.807) is 0 Å². The van der Waals surface area contributed by atoms with Crippen LogP contribution < -0.4 is 5.32 Å². The smallest absolute Gasteiger partial charge is 0.323 e. The quantitative estimate of drug-likeness (QED) is 0.792. The van der Waals surface area contributed by atoms with Gasteiger partial charge in [-0.15, -0.1) is 0 Å². The molecule has 0 aliphatic carbocycles. The fraction of sp³-hybridized carbons (Fsp3) is 0.400. The lowest BCUT2D eigenvalue weighted by atomic mass is 10.0. The maximum Gasteiger partial charge on any atom is 0.323 e. The molecule has 2 N–H and O–H groups in total. The molecular weight excluding hydrogens is 268 g/mol. The minimum absolute atomic E-state index is 0.129. The Kier molecular flexibility index (Phi) is 5.05. The predicted octanol–water partition coefficient (Wildman–Crippen LogP) is 1.76. The summed E-state index contributed by atoms with van der Waals surface area (Å²) in [6.45, 7) is 4.38. The number of carbonyl (C=O) groups is 1. The largest absolute Gasteiger partial charge is 0.468 e. The summed E-state index contributed by atoms with van der Waals surface area (Å²) in [4.78, 5) is 11.7. The van der Waals surface area contributed by atoms with Gasteiger partial charge in [0, 0.05) is 12.1 Å². The summed E-state index contributed by atoms with van der Waals surface area (Å²) in [5.74, 6) is -0.140. The lowest BCUT2D eigenvalue weighted by molar-refractivity contribution is -0.144. The number of methoxy groups -OCH3 is 1. The van der Waals surface area contributed by atoms with E-state index in [1.807, 2.05) is 44.2 Å². The Labute approximate surface area is 123 Å². The number of nitrogens with zero attached hydrogens (tertiary/aromatic N) is 2. The van der Waals surface area contributed by atoms with E-state index in [2.05, 4.69) is 20.7 Å². The van der Waals surface area contributed by atoms with Crippen LogP contribution in [-0.4, -0.2) is 34.5 Å². The van der Waals surface area contributed by atoms with Crippen LogP contribution in [-0.2, 0) is 16.1 Å². The molecule has 1 aromatic carbocycles. The molecule has 0 aliphatic rings. The van der Waals surface area contributed by atoms with Gasteiger partial charge in [0.1, 0.15) is 17.4 Å². The number of carbonyl (C=O) groups excluding carboxylic acids is 1. The summed E-state index contributed by atoms with van der Waals surface area (Å²) < 4.78 is 4.81. The van der Waals surface area contributed by atoms with Gasteiger partial charge < -0.3 is 4.74 Å². The zero-order chi connectivity index (χ0) is 15.2. The Morgan fingerprint density at radius 1 is 1.29 bits per heavy atom. The first kappa shape index (κ1) is 15.2. The van der Waals surface area contributed by atoms with Crippen molar-refractivity contribution in [3.05, 3.63) is 36.0 Å². The number of ether oxygens (including phenoxy) is 1. The van der Waals surface area contributed by atoms with Crippen molar-refractivity contribution in [3.63, 3.8) is 0 Å². The number of esters is 1. The molecule has 0 saturated heterocycles. The zero-order valence-corrected chi connectivity index (χ0v) is 12.5. The number of benzene rings is 1. The fourth-order valence-corrected chi connectivity index (χ4v) is 2.13. The van der Waals surface area contributed by atoms with Crippen LogP contribution >= 0.6 is 0 Å². The van der Waals surface area contributed by atoms with E-state index in [9.17, 15) is 4.79 Å². The van der Waals surface area contributed by atoms with Crippen molar-refractivity contribution in [3.8, 4) is 11.3 Å². The van der Waals surface area contributed by atoms with Crippen molar-refractivity contribution in [1.82, 2.24) is 20.7 Å². The number of hydrogen-bond acceptors (Lipinski definition) is 5.